The second-order valence-corrected chi connectivity index (χ2v) is 5.07. The van der Waals surface area contributed by atoms with Gasteiger partial charge in [0.2, 0.25) is 0 Å². The van der Waals surface area contributed by atoms with Crippen LogP contribution in [-0.2, 0) is 6.54 Å². The standard InChI is InChI=1S/C13H12BrN3O3/c14-11-9-16(15-13(11)17(19)20)8-4-7-12(18)10-5-2-1-3-6-10/h1-3,5-6,9H,4,7-8H2. The largest absolute Gasteiger partial charge is 0.404 e. The molecule has 0 spiro atoms. The molecule has 7 heteroatoms. The first-order valence-corrected chi connectivity index (χ1v) is 6.83. The zero-order valence-corrected chi connectivity index (χ0v) is 12.1. The number of hydrogen-bond donors (Lipinski definition) is 0. The molecule has 0 aliphatic rings. The first kappa shape index (κ1) is 14.4. The molecule has 1 aromatic carbocycles. The Morgan fingerprint density at radius 1 is 1.35 bits per heavy atom. The summed E-state index contributed by atoms with van der Waals surface area (Å²) in [5.74, 6) is -0.147. The highest BCUT2D eigenvalue weighted by Crippen LogP contribution is 2.22. The highest BCUT2D eigenvalue weighted by atomic mass is 79.9. The zero-order valence-electron chi connectivity index (χ0n) is 10.5. The Kier molecular flexibility index (Phi) is 4.62. The molecule has 6 nitrogen and oxygen atoms in total. The molecule has 0 N–H and O–H groups in total. The van der Waals surface area contributed by atoms with Gasteiger partial charge in [-0.25, -0.2) is 0 Å². The molecule has 1 aromatic heterocycles. The lowest BCUT2D eigenvalue weighted by Crippen LogP contribution is -2.04. The van der Waals surface area contributed by atoms with Crippen LogP contribution in [0.3, 0.4) is 0 Å². The summed E-state index contributed by atoms with van der Waals surface area (Å²) in [6, 6.07) is 9.05. The average Bonchev–Trinajstić information content (AvgIpc) is 2.81. The van der Waals surface area contributed by atoms with Gasteiger partial charge in [-0.2, -0.15) is 4.68 Å². The Balaban J connectivity index is 1.89. The smallest absolute Gasteiger partial charge is 0.358 e. The summed E-state index contributed by atoms with van der Waals surface area (Å²) >= 11 is 3.08. The third-order valence-corrected chi connectivity index (χ3v) is 3.32. The van der Waals surface area contributed by atoms with E-state index >= 15 is 0 Å². The molecule has 1 heterocycles. The van der Waals surface area contributed by atoms with Gasteiger partial charge in [0.1, 0.15) is 4.47 Å². The number of hydrogen-bond acceptors (Lipinski definition) is 4. The molecule has 0 atom stereocenters. The summed E-state index contributed by atoms with van der Waals surface area (Å²) in [6.45, 7) is 0.463. The Morgan fingerprint density at radius 3 is 2.65 bits per heavy atom. The van der Waals surface area contributed by atoms with Crippen molar-refractivity contribution in [3.63, 3.8) is 0 Å². The number of carbonyl (C=O) groups is 1. The Morgan fingerprint density at radius 2 is 2.05 bits per heavy atom. The van der Waals surface area contributed by atoms with Crippen molar-refractivity contribution in [3.05, 3.63) is 56.7 Å². The van der Waals surface area contributed by atoms with Gasteiger partial charge >= 0.3 is 5.82 Å². The molecule has 104 valence electrons. The Bertz CT molecular complexity index is 625. The molecule has 0 unspecified atom stereocenters. The van der Waals surface area contributed by atoms with Gasteiger partial charge in [0.15, 0.2) is 5.78 Å². The van der Waals surface area contributed by atoms with E-state index < -0.39 is 4.92 Å². The van der Waals surface area contributed by atoms with Crippen LogP contribution in [0.1, 0.15) is 23.2 Å². The van der Waals surface area contributed by atoms with Crippen LogP contribution in [0.5, 0.6) is 0 Å². The van der Waals surface area contributed by atoms with E-state index in [4.69, 9.17) is 0 Å². The van der Waals surface area contributed by atoms with E-state index in [2.05, 4.69) is 21.0 Å². The molecule has 0 saturated carbocycles. The maximum atomic E-state index is 11.9. The van der Waals surface area contributed by atoms with E-state index in [1.54, 1.807) is 18.3 Å². The first-order chi connectivity index (χ1) is 9.58. The molecule has 20 heavy (non-hydrogen) atoms. The van der Waals surface area contributed by atoms with Crippen molar-refractivity contribution < 1.29 is 9.72 Å². The third kappa shape index (κ3) is 3.51. The second-order valence-electron chi connectivity index (χ2n) is 4.21. The molecule has 0 aliphatic carbocycles. The van der Waals surface area contributed by atoms with Crippen LogP contribution in [0.25, 0.3) is 0 Å². The minimum absolute atomic E-state index is 0.0614. The van der Waals surface area contributed by atoms with Crippen molar-refractivity contribution in [2.75, 3.05) is 0 Å². The fourth-order valence-corrected chi connectivity index (χ4v) is 2.26. The zero-order chi connectivity index (χ0) is 14.5. The second kappa shape index (κ2) is 6.42. The maximum Gasteiger partial charge on any atom is 0.404 e. The lowest BCUT2D eigenvalue weighted by atomic mass is 10.1. The summed E-state index contributed by atoms with van der Waals surface area (Å²) in [4.78, 5) is 22.0. The van der Waals surface area contributed by atoms with Crippen molar-refractivity contribution in [3.8, 4) is 0 Å². The number of Topliss-reactive ketones (excluding diaryl/α,β-unsaturated/α-hetero) is 1. The quantitative estimate of drug-likeness (QED) is 0.460. The predicted molar refractivity (Wildman–Crippen MR) is 76.6 cm³/mol. The Labute approximate surface area is 123 Å². The van der Waals surface area contributed by atoms with Crippen LogP contribution in [0.4, 0.5) is 5.82 Å². The summed E-state index contributed by atoms with van der Waals surface area (Å²) < 4.78 is 1.82. The van der Waals surface area contributed by atoms with E-state index in [1.807, 2.05) is 18.2 Å². The van der Waals surface area contributed by atoms with Gasteiger partial charge in [0.05, 0.1) is 17.8 Å². The minimum Gasteiger partial charge on any atom is -0.358 e. The van der Waals surface area contributed by atoms with Gasteiger partial charge in [-0.3, -0.25) is 4.79 Å². The third-order valence-electron chi connectivity index (χ3n) is 2.76. The normalized spacial score (nSPS) is 10.4. The molecule has 2 aromatic rings. The topological polar surface area (TPSA) is 78.0 Å². The number of rotatable bonds is 6. The van der Waals surface area contributed by atoms with Crippen molar-refractivity contribution in [1.29, 1.82) is 0 Å². The van der Waals surface area contributed by atoms with Crippen LogP contribution in [0.15, 0.2) is 41.0 Å². The fraction of sp³-hybridized carbons (Fsp3) is 0.231. The maximum absolute atomic E-state index is 11.9. The molecule has 0 saturated heterocycles. The lowest BCUT2D eigenvalue weighted by Gasteiger charge is -1.99. The monoisotopic (exact) mass is 337 g/mol. The van der Waals surface area contributed by atoms with Crippen LogP contribution in [0, 0.1) is 10.1 Å². The number of aromatic nitrogens is 2. The number of halogens is 1. The molecule has 0 radical (unpaired) electrons. The van der Waals surface area contributed by atoms with Gasteiger partial charge in [-0.05, 0) is 27.3 Å². The summed E-state index contributed by atoms with van der Waals surface area (Å²) in [5, 5.41) is 14.5. The fourth-order valence-electron chi connectivity index (χ4n) is 1.80. The molecule has 0 fully saturated rings. The number of nitro groups is 1. The van der Waals surface area contributed by atoms with Gasteiger partial charge in [-0.1, -0.05) is 30.3 Å². The van der Waals surface area contributed by atoms with Gasteiger partial charge in [-0.15, -0.1) is 0 Å². The number of ketones is 1. The minimum atomic E-state index is -0.546. The Hall–Kier alpha value is -2.02. The average molecular weight is 338 g/mol. The van der Waals surface area contributed by atoms with E-state index in [1.165, 1.54) is 4.68 Å². The van der Waals surface area contributed by atoms with Crippen molar-refractivity contribution in [2.45, 2.75) is 19.4 Å². The molecule has 0 amide bonds. The summed E-state index contributed by atoms with van der Waals surface area (Å²) in [5.41, 5.74) is 0.681. The van der Waals surface area contributed by atoms with E-state index in [-0.39, 0.29) is 11.6 Å². The highest BCUT2D eigenvalue weighted by molar-refractivity contribution is 9.10. The van der Waals surface area contributed by atoms with Crippen LogP contribution < -0.4 is 0 Å². The van der Waals surface area contributed by atoms with E-state index in [9.17, 15) is 14.9 Å². The molecule has 0 aliphatic heterocycles. The molecule has 2 rings (SSSR count). The summed E-state index contributed by atoms with van der Waals surface area (Å²) in [6.07, 6.45) is 2.51. The van der Waals surface area contributed by atoms with Crippen molar-refractivity contribution >= 4 is 27.5 Å². The first-order valence-electron chi connectivity index (χ1n) is 6.03. The van der Waals surface area contributed by atoms with Crippen molar-refractivity contribution in [2.24, 2.45) is 0 Å². The van der Waals surface area contributed by atoms with Crippen LogP contribution >= 0.6 is 15.9 Å². The van der Waals surface area contributed by atoms with Gasteiger partial charge in [0, 0.05) is 12.0 Å². The number of nitrogens with zero attached hydrogens (tertiary/aromatic N) is 3. The van der Waals surface area contributed by atoms with Gasteiger partial charge in [0.25, 0.3) is 0 Å². The number of carbonyl (C=O) groups excluding carboxylic acids is 1. The highest BCUT2D eigenvalue weighted by Gasteiger charge is 2.18. The van der Waals surface area contributed by atoms with Crippen LogP contribution in [-0.4, -0.2) is 20.5 Å². The SMILES string of the molecule is O=C(CCCn1cc(Br)c([N+](=O)[O-])n1)c1ccccc1. The van der Waals surface area contributed by atoms with Crippen LogP contribution in [0.2, 0.25) is 0 Å². The molecular formula is C13H12BrN3O3. The van der Waals surface area contributed by atoms with E-state index in [0.717, 1.165) is 0 Å². The molecule has 0 bridgehead atoms. The van der Waals surface area contributed by atoms with Gasteiger partial charge < -0.3 is 10.1 Å². The van der Waals surface area contributed by atoms with Crippen molar-refractivity contribution in [1.82, 2.24) is 9.78 Å². The molecular weight excluding hydrogens is 326 g/mol. The number of aryl methyl sites for hydroxylation is 1. The lowest BCUT2D eigenvalue weighted by molar-refractivity contribution is -0.390. The summed E-state index contributed by atoms with van der Waals surface area (Å²) in [7, 11) is 0. The number of benzene rings is 1. The van der Waals surface area contributed by atoms with E-state index in [0.29, 0.717) is 29.4 Å². The predicted octanol–water partition coefficient (Wildman–Crippen LogP) is 3.22.